The Bertz CT molecular complexity index is 570. The molecule has 0 aliphatic carbocycles. The minimum Gasteiger partial charge on any atom is -0.469 e. The highest BCUT2D eigenvalue weighted by atomic mass is 35.5. The Kier molecular flexibility index (Phi) is 8.70. The lowest BCUT2D eigenvalue weighted by Crippen LogP contribution is -2.49. The molecule has 2 fully saturated rings. The maximum atomic E-state index is 12.4. The lowest BCUT2D eigenvalue weighted by Gasteiger charge is -2.41. The highest BCUT2D eigenvalue weighted by molar-refractivity contribution is 6.31. The monoisotopic (exact) mass is 379 g/mol. The summed E-state index contributed by atoms with van der Waals surface area (Å²) in [5, 5.41) is 0.782. The van der Waals surface area contributed by atoms with E-state index in [2.05, 4.69) is 24.1 Å². The van der Waals surface area contributed by atoms with Crippen LogP contribution in [0.15, 0.2) is 18.2 Å². The first-order valence-electron chi connectivity index (χ1n) is 7.58. The van der Waals surface area contributed by atoms with Crippen LogP contribution in [-0.4, -0.2) is 48.1 Å². The van der Waals surface area contributed by atoms with E-state index in [1.54, 1.807) is 0 Å². The van der Waals surface area contributed by atoms with Crippen molar-refractivity contribution < 1.29 is 20.5 Å². The van der Waals surface area contributed by atoms with Gasteiger partial charge in [-0.3, -0.25) is 9.69 Å². The SMILES string of the molecule is COC(=O)[C@@H]1C2CC[C@H](C[C@@H]1c1ccc(Cl)c(C)c1)N2C.Cl.O.O. The van der Waals surface area contributed by atoms with Crippen LogP contribution in [0.2, 0.25) is 5.02 Å². The Balaban J connectivity index is 0.00000176. The van der Waals surface area contributed by atoms with Gasteiger partial charge < -0.3 is 15.7 Å². The van der Waals surface area contributed by atoms with E-state index in [1.807, 2.05) is 13.0 Å². The van der Waals surface area contributed by atoms with Crippen LogP contribution in [0.3, 0.4) is 0 Å². The molecule has 138 valence electrons. The van der Waals surface area contributed by atoms with Crippen molar-refractivity contribution in [3.05, 3.63) is 34.3 Å². The zero-order valence-corrected chi connectivity index (χ0v) is 15.8. The van der Waals surface area contributed by atoms with E-state index in [4.69, 9.17) is 16.3 Å². The number of aryl methyl sites for hydroxylation is 1. The second-order valence-corrected chi connectivity index (χ2v) is 6.77. The molecule has 2 aliphatic heterocycles. The maximum absolute atomic E-state index is 12.4. The lowest BCUT2D eigenvalue weighted by atomic mass is 9.76. The van der Waals surface area contributed by atoms with Crippen molar-refractivity contribution in [2.45, 2.75) is 44.2 Å². The van der Waals surface area contributed by atoms with Crippen LogP contribution in [0.4, 0.5) is 0 Å². The Morgan fingerprint density at radius 1 is 1.29 bits per heavy atom. The van der Waals surface area contributed by atoms with Crippen LogP contribution >= 0.6 is 24.0 Å². The van der Waals surface area contributed by atoms with Crippen LogP contribution in [0.5, 0.6) is 0 Å². The van der Waals surface area contributed by atoms with Crippen molar-refractivity contribution in [3.63, 3.8) is 0 Å². The molecule has 2 heterocycles. The summed E-state index contributed by atoms with van der Waals surface area (Å²) in [6, 6.07) is 7.03. The first-order valence-corrected chi connectivity index (χ1v) is 7.96. The summed E-state index contributed by atoms with van der Waals surface area (Å²) >= 11 is 6.14. The number of rotatable bonds is 2. The van der Waals surface area contributed by atoms with E-state index >= 15 is 0 Å². The summed E-state index contributed by atoms with van der Waals surface area (Å²) in [6.45, 7) is 2.02. The first-order chi connectivity index (χ1) is 10.0. The molecule has 0 saturated carbocycles. The molecule has 0 spiro atoms. The molecule has 4 atom stereocenters. The molecule has 4 N–H and O–H groups in total. The van der Waals surface area contributed by atoms with Crippen LogP contribution in [0.25, 0.3) is 0 Å². The highest BCUT2D eigenvalue weighted by Gasteiger charge is 2.49. The summed E-state index contributed by atoms with van der Waals surface area (Å²) in [7, 11) is 3.63. The number of piperidine rings is 1. The second kappa shape index (κ2) is 9.02. The van der Waals surface area contributed by atoms with Gasteiger partial charge in [-0.15, -0.1) is 12.4 Å². The minimum atomic E-state index is -0.0789. The number of hydrogen-bond acceptors (Lipinski definition) is 3. The van der Waals surface area contributed by atoms with Crippen molar-refractivity contribution in [2.75, 3.05) is 14.2 Å². The van der Waals surface area contributed by atoms with Gasteiger partial charge in [0.1, 0.15) is 0 Å². The van der Waals surface area contributed by atoms with E-state index in [-0.39, 0.29) is 41.2 Å². The van der Waals surface area contributed by atoms with Crippen molar-refractivity contribution in [2.24, 2.45) is 5.92 Å². The molecular weight excluding hydrogens is 353 g/mol. The number of ether oxygens (including phenoxy) is 1. The summed E-state index contributed by atoms with van der Waals surface area (Å²) in [4.78, 5) is 14.7. The molecular formula is C17H27Cl2NO4. The molecule has 1 aromatic rings. The number of carbonyl (C=O) groups excluding carboxylic acids is 1. The van der Waals surface area contributed by atoms with Gasteiger partial charge in [0.05, 0.1) is 13.0 Å². The van der Waals surface area contributed by atoms with Gasteiger partial charge in [-0.25, -0.2) is 0 Å². The molecule has 0 aromatic heterocycles. The highest BCUT2D eigenvalue weighted by Crippen LogP contribution is 2.46. The van der Waals surface area contributed by atoms with Crippen LogP contribution in [-0.2, 0) is 9.53 Å². The third kappa shape index (κ3) is 3.86. The molecule has 2 bridgehead atoms. The van der Waals surface area contributed by atoms with Gasteiger partial charge in [0.25, 0.3) is 0 Å². The Labute approximate surface area is 154 Å². The molecule has 1 aromatic carbocycles. The normalized spacial score (nSPS) is 28.2. The number of methoxy groups -OCH3 is 1. The summed E-state index contributed by atoms with van der Waals surface area (Å²) in [6.07, 6.45) is 3.29. The molecule has 3 rings (SSSR count). The molecule has 5 nitrogen and oxygen atoms in total. The number of carbonyl (C=O) groups is 1. The lowest BCUT2D eigenvalue weighted by molar-refractivity contribution is -0.150. The summed E-state index contributed by atoms with van der Waals surface area (Å²) < 4.78 is 5.10. The standard InChI is InChI=1S/C17H22ClNO2.ClH.2H2O/c1-10-8-11(4-6-14(10)18)13-9-12-5-7-15(19(12)2)16(13)17(20)21-3;;;/h4,6,8,12-13,15-16H,5,7,9H2,1-3H3;1H;2*1H2/t12-,13-,15?,16+;;;/m1.../s1. The molecule has 7 heteroatoms. The number of halogens is 2. The van der Waals surface area contributed by atoms with Crippen molar-refractivity contribution in [1.29, 1.82) is 0 Å². The van der Waals surface area contributed by atoms with Gasteiger partial charge in [0.15, 0.2) is 0 Å². The second-order valence-electron chi connectivity index (χ2n) is 6.36. The van der Waals surface area contributed by atoms with Gasteiger partial charge in [0.2, 0.25) is 0 Å². The van der Waals surface area contributed by atoms with E-state index in [0.29, 0.717) is 12.1 Å². The molecule has 0 radical (unpaired) electrons. The zero-order valence-electron chi connectivity index (χ0n) is 14.2. The topological polar surface area (TPSA) is 92.5 Å². The van der Waals surface area contributed by atoms with Crippen molar-refractivity contribution in [1.82, 2.24) is 4.90 Å². The minimum absolute atomic E-state index is 0. The first kappa shape index (κ1) is 23.1. The van der Waals surface area contributed by atoms with Gasteiger partial charge >= 0.3 is 5.97 Å². The van der Waals surface area contributed by atoms with Gasteiger partial charge in [-0.2, -0.15) is 0 Å². The van der Waals surface area contributed by atoms with Crippen molar-refractivity contribution >= 4 is 30.0 Å². The number of esters is 1. The fourth-order valence-corrected chi connectivity index (χ4v) is 4.28. The predicted molar refractivity (Wildman–Crippen MR) is 98.1 cm³/mol. The van der Waals surface area contributed by atoms with E-state index in [0.717, 1.165) is 23.4 Å². The zero-order chi connectivity index (χ0) is 15.1. The molecule has 0 amide bonds. The van der Waals surface area contributed by atoms with Crippen molar-refractivity contribution in [3.8, 4) is 0 Å². The van der Waals surface area contributed by atoms with Gasteiger partial charge in [0, 0.05) is 23.0 Å². The maximum Gasteiger partial charge on any atom is 0.310 e. The average molecular weight is 380 g/mol. The number of hydrogen-bond donors (Lipinski definition) is 0. The van der Waals surface area contributed by atoms with Crippen LogP contribution < -0.4 is 0 Å². The Hall–Kier alpha value is -0.850. The Morgan fingerprint density at radius 2 is 1.96 bits per heavy atom. The largest absolute Gasteiger partial charge is 0.469 e. The average Bonchev–Trinajstić information content (AvgIpc) is 2.72. The molecule has 1 unspecified atom stereocenters. The van der Waals surface area contributed by atoms with Gasteiger partial charge in [-0.05, 0) is 50.4 Å². The van der Waals surface area contributed by atoms with E-state index < -0.39 is 0 Å². The Morgan fingerprint density at radius 3 is 2.54 bits per heavy atom. The van der Waals surface area contributed by atoms with Crippen LogP contribution in [0, 0.1) is 12.8 Å². The van der Waals surface area contributed by atoms with E-state index in [9.17, 15) is 4.79 Å². The third-order valence-corrected chi connectivity index (χ3v) is 5.78. The van der Waals surface area contributed by atoms with E-state index in [1.165, 1.54) is 19.1 Å². The summed E-state index contributed by atoms with van der Waals surface area (Å²) in [5.74, 6) is 0.0891. The number of fused-ring (bicyclic) bond motifs is 2. The molecule has 2 saturated heterocycles. The molecule has 2 aliphatic rings. The number of benzene rings is 1. The fraction of sp³-hybridized carbons (Fsp3) is 0.588. The fourth-order valence-electron chi connectivity index (χ4n) is 4.17. The molecule has 24 heavy (non-hydrogen) atoms. The van der Waals surface area contributed by atoms with Crippen LogP contribution in [0.1, 0.15) is 36.3 Å². The summed E-state index contributed by atoms with van der Waals surface area (Å²) in [5.41, 5.74) is 2.29. The number of nitrogens with zero attached hydrogens (tertiary/aromatic N) is 1. The predicted octanol–water partition coefficient (Wildman–Crippen LogP) is 2.16. The smallest absolute Gasteiger partial charge is 0.310 e. The third-order valence-electron chi connectivity index (χ3n) is 5.35. The van der Waals surface area contributed by atoms with Gasteiger partial charge in [-0.1, -0.05) is 23.7 Å². The quantitative estimate of drug-likeness (QED) is 0.736.